The van der Waals surface area contributed by atoms with E-state index in [4.69, 9.17) is 9.47 Å². The molecule has 0 saturated heterocycles. The Hall–Kier alpha value is -8.14. The average molecular weight is 794 g/mol. The van der Waals surface area contributed by atoms with E-state index in [0.717, 1.165) is 50.5 Å². The first-order chi connectivity index (χ1) is 30.7. The van der Waals surface area contributed by atoms with E-state index in [0.29, 0.717) is 11.5 Å². The summed E-state index contributed by atoms with van der Waals surface area (Å²) in [6.45, 7) is 0. The molecule has 1 aliphatic heterocycles. The lowest BCUT2D eigenvalue weighted by molar-refractivity contribution is 0.439. The van der Waals surface area contributed by atoms with E-state index in [9.17, 15) is 0 Å². The standard InChI is InChI=1S/C59H39NO2/c1-4-14-40(15-5-1)41-26-28-42(29-27-41)43-30-32-47(33-31-43)60(49-35-37-54-57(39-49)62-56-25-13-17-44-16-12-24-55(61-54)58(44)56)48-34-36-51-50-22-10-11-23-52(50)59(53(51)38-48,45-18-6-2-7-19-45)46-20-8-3-9-21-46/h1-39H. The third-order valence-electron chi connectivity index (χ3n) is 12.6. The third-order valence-corrected chi connectivity index (χ3v) is 12.6. The van der Waals surface area contributed by atoms with Gasteiger partial charge in [0.05, 0.1) is 16.5 Å². The Morgan fingerprint density at radius 2 is 0.790 bits per heavy atom. The van der Waals surface area contributed by atoms with Crippen molar-refractivity contribution in [1.82, 2.24) is 0 Å². The van der Waals surface area contributed by atoms with Gasteiger partial charge in [-0.2, -0.15) is 0 Å². The summed E-state index contributed by atoms with van der Waals surface area (Å²) >= 11 is 0. The van der Waals surface area contributed by atoms with Crippen LogP contribution in [0.15, 0.2) is 237 Å². The molecule has 3 nitrogen and oxygen atoms in total. The van der Waals surface area contributed by atoms with Gasteiger partial charge < -0.3 is 14.4 Å². The molecule has 0 atom stereocenters. The van der Waals surface area contributed by atoms with E-state index in [1.807, 2.05) is 30.3 Å². The van der Waals surface area contributed by atoms with Gasteiger partial charge in [-0.1, -0.05) is 182 Å². The van der Waals surface area contributed by atoms with Crippen molar-refractivity contribution in [2.75, 3.05) is 4.90 Å². The summed E-state index contributed by atoms with van der Waals surface area (Å²) in [6.07, 6.45) is 0. The fraction of sp³-hybridized carbons (Fsp3) is 0.0169. The highest BCUT2D eigenvalue weighted by atomic mass is 16.5. The molecule has 10 aromatic carbocycles. The molecule has 0 saturated carbocycles. The van der Waals surface area contributed by atoms with Crippen LogP contribution in [-0.2, 0) is 5.41 Å². The number of fused-ring (bicyclic) bond motifs is 4. The van der Waals surface area contributed by atoms with Gasteiger partial charge in [-0.05, 0) is 110 Å². The van der Waals surface area contributed by atoms with Crippen molar-refractivity contribution in [2.45, 2.75) is 5.41 Å². The molecule has 62 heavy (non-hydrogen) atoms. The molecular weight excluding hydrogens is 755 g/mol. The Morgan fingerprint density at radius 1 is 0.306 bits per heavy atom. The highest BCUT2D eigenvalue weighted by Crippen LogP contribution is 2.57. The Balaban J connectivity index is 1.03. The maximum atomic E-state index is 6.77. The first-order valence-corrected chi connectivity index (χ1v) is 21.2. The van der Waals surface area contributed by atoms with Crippen LogP contribution >= 0.6 is 0 Å². The van der Waals surface area contributed by atoms with E-state index < -0.39 is 5.41 Å². The molecule has 2 aliphatic rings. The minimum absolute atomic E-state index is 0.541. The Kier molecular flexibility index (Phi) is 8.39. The lowest BCUT2D eigenvalue weighted by Gasteiger charge is -2.35. The molecule has 0 bridgehead atoms. The van der Waals surface area contributed by atoms with E-state index in [-0.39, 0.29) is 0 Å². The molecule has 0 radical (unpaired) electrons. The second kappa shape index (κ2) is 14.5. The number of benzene rings is 10. The highest BCUT2D eigenvalue weighted by Gasteiger charge is 2.46. The van der Waals surface area contributed by atoms with Crippen molar-refractivity contribution in [3.05, 3.63) is 259 Å². The fourth-order valence-electron chi connectivity index (χ4n) is 9.79. The molecule has 1 aliphatic carbocycles. The van der Waals surface area contributed by atoms with Gasteiger partial charge in [-0.25, -0.2) is 0 Å². The van der Waals surface area contributed by atoms with Gasteiger partial charge in [0, 0.05) is 17.4 Å². The summed E-state index contributed by atoms with van der Waals surface area (Å²) in [6, 6.07) is 84.6. The van der Waals surface area contributed by atoms with Crippen molar-refractivity contribution in [1.29, 1.82) is 0 Å². The summed E-state index contributed by atoms with van der Waals surface area (Å²) in [5.41, 5.74) is 14.7. The normalized spacial score (nSPS) is 12.9. The largest absolute Gasteiger partial charge is 0.453 e. The first-order valence-electron chi connectivity index (χ1n) is 21.2. The van der Waals surface area contributed by atoms with E-state index in [2.05, 4.69) is 211 Å². The van der Waals surface area contributed by atoms with Crippen molar-refractivity contribution in [2.24, 2.45) is 0 Å². The Labute approximate surface area is 361 Å². The van der Waals surface area contributed by atoms with Crippen LogP contribution < -0.4 is 14.4 Å². The third kappa shape index (κ3) is 5.74. The zero-order valence-corrected chi connectivity index (χ0v) is 33.8. The van der Waals surface area contributed by atoms with E-state index in [1.165, 1.54) is 44.5 Å². The Bertz CT molecular complexity index is 3230. The molecule has 10 aromatic rings. The van der Waals surface area contributed by atoms with Crippen LogP contribution in [0.25, 0.3) is 44.2 Å². The Morgan fingerprint density at radius 3 is 1.44 bits per heavy atom. The molecule has 0 unspecified atom stereocenters. The molecule has 292 valence electrons. The van der Waals surface area contributed by atoms with Crippen molar-refractivity contribution in [3.8, 4) is 56.4 Å². The fourth-order valence-corrected chi connectivity index (χ4v) is 9.79. The maximum Gasteiger partial charge on any atom is 0.172 e. The molecule has 0 aromatic heterocycles. The first kappa shape index (κ1) is 35.8. The summed E-state index contributed by atoms with van der Waals surface area (Å²) < 4.78 is 13.4. The van der Waals surface area contributed by atoms with Crippen LogP contribution in [0.4, 0.5) is 17.1 Å². The lowest BCUT2D eigenvalue weighted by atomic mass is 9.67. The van der Waals surface area contributed by atoms with E-state index >= 15 is 0 Å². The van der Waals surface area contributed by atoms with Crippen LogP contribution in [0.1, 0.15) is 22.3 Å². The number of hydrogen-bond acceptors (Lipinski definition) is 3. The number of anilines is 3. The number of ether oxygens (including phenoxy) is 2. The monoisotopic (exact) mass is 793 g/mol. The van der Waals surface area contributed by atoms with Crippen molar-refractivity contribution in [3.63, 3.8) is 0 Å². The van der Waals surface area contributed by atoms with Gasteiger partial charge in [0.1, 0.15) is 11.5 Å². The van der Waals surface area contributed by atoms with Gasteiger partial charge in [-0.3, -0.25) is 0 Å². The van der Waals surface area contributed by atoms with Crippen molar-refractivity contribution < 1.29 is 9.47 Å². The van der Waals surface area contributed by atoms with Crippen LogP contribution in [-0.4, -0.2) is 0 Å². The lowest BCUT2D eigenvalue weighted by Crippen LogP contribution is -2.28. The zero-order valence-electron chi connectivity index (χ0n) is 33.8. The average Bonchev–Trinajstić information content (AvgIpc) is 3.53. The van der Waals surface area contributed by atoms with Gasteiger partial charge in [0.15, 0.2) is 11.5 Å². The quantitative estimate of drug-likeness (QED) is 0.160. The summed E-state index contributed by atoms with van der Waals surface area (Å²) in [7, 11) is 0. The smallest absolute Gasteiger partial charge is 0.172 e. The maximum absolute atomic E-state index is 6.77. The number of hydrogen-bond donors (Lipinski definition) is 0. The molecular formula is C59H39NO2. The summed E-state index contributed by atoms with van der Waals surface area (Å²) in [5, 5.41) is 2.04. The van der Waals surface area contributed by atoms with Crippen LogP contribution in [0.3, 0.4) is 0 Å². The molecule has 3 heteroatoms. The second-order valence-electron chi connectivity index (χ2n) is 16.0. The molecule has 0 fully saturated rings. The molecule has 0 spiro atoms. The topological polar surface area (TPSA) is 21.7 Å². The van der Waals surface area contributed by atoms with Gasteiger partial charge in [0.25, 0.3) is 0 Å². The van der Waals surface area contributed by atoms with Crippen LogP contribution in [0, 0.1) is 0 Å². The SMILES string of the molecule is c1ccc(-c2ccc(-c3ccc(N(c4ccc5c(c4)Oc4cccc6cccc(c46)O5)c4ccc5c(c4)C(c4ccccc4)(c4ccccc4)c4ccccc4-5)cc3)cc2)cc1. The molecule has 1 heterocycles. The van der Waals surface area contributed by atoms with Crippen LogP contribution in [0.5, 0.6) is 23.0 Å². The number of rotatable bonds is 7. The van der Waals surface area contributed by atoms with E-state index in [1.54, 1.807) is 0 Å². The second-order valence-corrected chi connectivity index (χ2v) is 16.0. The molecule has 0 amide bonds. The van der Waals surface area contributed by atoms with Gasteiger partial charge >= 0.3 is 0 Å². The minimum Gasteiger partial charge on any atom is -0.453 e. The van der Waals surface area contributed by atoms with Crippen LogP contribution in [0.2, 0.25) is 0 Å². The summed E-state index contributed by atoms with van der Waals surface area (Å²) in [4.78, 5) is 2.34. The van der Waals surface area contributed by atoms with Gasteiger partial charge in [-0.15, -0.1) is 0 Å². The predicted molar refractivity (Wildman–Crippen MR) is 253 cm³/mol. The van der Waals surface area contributed by atoms with Gasteiger partial charge in [0.2, 0.25) is 0 Å². The minimum atomic E-state index is -0.541. The predicted octanol–water partition coefficient (Wildman–Crippen LogP) is 15.9. The zero-order chi connectivity index (χ0) is 41.0. The highest BCUT2D eigenvalue weighted by molar-refractivity contribution is 5.95. The van der Waals surface area contributed by atoms with Crippen molar-refractivity contribution >= 4 is 27.8 Å². The summed E-state index contributed by atoms with van der Waals surface area (Å²) in [5.74, 6) is 2.88. The molecule has 12 rings (SSSR count). The molecule has 0 N–H and O–H groups in total. The number of nitrogens with zero attached hydrogens (tertiary/aromatic N) is 1.